The zero-order chi connectivity index (χ0) is 12.8. The smallest absolute Gasteiger partial charge is 0.0794 e. The molecule has 1 unspecified atom stereocenters. The van der Waals surface area contributed by atoms with Crippen LogP contribution in [0.5, 0.6) is 0 Å². The number of aromatic nitrogens is 1. The van der Waals surface area contributed by atoms with E-state index in [4.69, 9.17) is 0 Å². The summed E-state index contributed by atoms with van der Waals surface area (Å²) in [6.45, 7) is 3.25. The zero-order valence-electron chi connectivity index (χ0n) is 10.4. The minimum absolute atomic E-state index is 0.389. The fourth-order valence-corrected chi connectivity index (χ4v) is 3.10. The van der Waals surface area contributed by atoms with E-state index in [2.05, 4.69) is 64.1 Å². The molecule has 0 amide bonds. The minimum Gasteiger partial charge on any atom is -0.310 e. The molecule has 0 fully saturated rings. The Labute approximate surface area is 126 Å². The van der Waals surface area contributed by atoms with Crippen molar-refractivity contribution in [3.63, 3.8) is 0 Å². The molecule has 1 N–H and O–H groups in total. The second-order valence-corrected chi connectivity index (χ2v) is 6.45. The van der Waals surface area contributed by atoms with Crippen LogP contribution in [0.25, 0.3) is 0 Å². The lowest BCUT2D eigenvalue weighted by Gasteiger charge is -2.18. The Kier molecular flexibility index (Phi) is 5.59. The maximum atomic E-state index is 4.16. The average Bonchev–Trinajstić information content (AvgIpc) is 2.87. The van der Waals surface area contributed by atoms with Crippen LogP contribution < -0.4 is 5.32 Å². The summed E-state index contributed by atoms with van der Waals surface area (Å²) in [7, 11) is 0. The van der Waals surface area contributed by atoms with Crippen LogP contribution in [0.15, 0.2) is 36.0 Å². The largest absolute Gasteiger partial charge is 0.310 e. The van der Waals surface area contributed by atoms with Gasteiger partial charge in [0.1, 0.15) is 0 Å². The highest BCUT2D eigenvalue weighted by Gasteiger charge is 2.12. The van der Waals surface area contributed by atoms with Crippen LogP contribution in [0, 0.1) is 3.57 Å². The van der Waals surface area contributed by atoms with Crippen LogP contribution >= 0.6 is 33.9 Å². The number of nitrogens with zero attached hydrogens (tertiary/aromatic N) is 1. The van der Waals surface area contributed by atoms with E-state index in [1.807, 2.05) is 11.7 Å². The molecule has 0 bridgehead atoms. The van der Waals surface area contributed by atoms with Gasteiger partial charge in [-0.1, -0.05) is 19.1 Å². The molecule has 2 nitrogen and oxygen atoms in total. The van der Waals surface area contributed by atoms with Gasteiger partial charge in [-0.05, 0) is 53.3 Å². The van der Waals surface area contributed by atoms with E-state index in [-0.39, 0.29) is 0 Å². The van der Waals surface area contributed by atoms with Crippen molar-refractivity contribution in [1.29, 1.82) is 0 Å². The zero-order valence-corrected chi connectivity index (χ0v) is 13.4. The molecule has 18 heavy (non-hydrogen) atoms. The lowest BCUT2D eigenvalue weighted by Crippen LogP contribution is -2.23. The molecule has 1 atom stereocenters. The number of benzene rings is 1. The van der Waals surface area contributed by atoms with Crippen molar-refractivity contribution >= 4 is 33.9 Å². The Bertz CT molecular complexity index is 470. The predicted molar refractivity (Wildman–Crippen MR) is 86.0 cm³/mol. The molecule has 0 saturated carbocycles. The Morgan fingerprint density at radius 2 is 2.33 bits per heavy atom. The van der Waals surface area contributed by atoms with Gasteiger partial charge in [-0.25, -0.2) is 0 Å². The molecule has 0 saturated heterocycles. The van der Waals surface area contributed by atoms with Crippen LogP contribution in [0.1, 0.15) is 29.8 Å². The fourth-order valence-electron chi connectivity index (χ4n) is 1.89. The number of hydrogen-bond donors (Lipinski definition) is 1. The van der Waals surface area contributed by atoms with E-state index < -0.39 is 0 Å². The summed E-state index contributed by atoms with van der Waals surface area (Å²) in [6, 6.07) is 9.11. The van der Waals surface area contributed by atoms with Crippen LogP contribution in [-0.2, 0) is 6.42 Å². The fraction of sp³-hybridized carbons (Fsp3) is 0.357. The van der Waals surface area contributed by atoms with Gasteiger partial charge in [0.05, 0.1) is 5.51 Å². The van der Waals surface area contributed by atoms with Gasteiger partial charge in [0.2, 0.25) is 0 Å². The first-order chi connectivity index (χ1) is 8.79. The van der Waals surface area contributed by atoms with Crippen LogP contribution in [0.2, 0.25) is 0 Å². The van der Waals surface area contributed by atoms with Gasteiger partial charge in [0, 0.05) is 27.1 Å². The normalized spacial score (nSPS) is 12.6. The van der Waals surface area contributed by atoms with Crippen molar-refractivity contribution in [3.05, 3.63) is 50.0 Å². The molecule has 96 valence electrons. The lowest BCUT2D eigenvalue weighted by atomic mass is 10.0. The van der Waals surface area contributed by atoms with Crippen molar-refractivity contribution < 1.29 is 0 Å². The van der Waals surface area contributed by atoms with Crippen molar-refractivity contribution in [2.45, 2.75) is 25.8 Å². The third kappa shape index (κ3) is 4.03. The number of nitrogens with one attached hydrogen (secondary N) is 1. The average molecular weight is 372 g/mol. The predicted octanol–water partition coefficient (Wildman–Crippen LogP) is 4.03. The number of thiazole rings is 1. The third-order valence-electron chi connectivity index (χ3n) is 2.78. The van der Waals surface area contributed by atoms with Gasteiger partial charge < -0.3 is 5.32 Å². The SMILES string of the molecule is CCCNC(Cc1cncs1)c1cccc(I)c1. The third-order valence-corrected chi connectivity index (χ3v) is 4.25. The van der Waals surface area contributed by atoms with E-state index in [1.165, 1.54) is 14.0 Å². The van der Waals surface area contributed by atoms with E-state index in [0.29, 0.717) is 6.04 Å². The summed E-state index contributed by atoms with van der Waals surface area (Å²) in [5.41, 5.74) is 3.27. The molecule has 0 spiro atoms. The summed E-state index contributed by atoms with van der Waals surface area (Å²) in [5.74, 6) is 0. The maximum Gasteiger partial charge on any atom is 0.0794 e. The van der Waals surface area contributed by atoms with Gasteiger partial charge in [-0.3, -0.25) is 4.98 Å². The van der Waals surface area contributed by atoms with Gasteiger partial charge in [0.25, 0.3) is 0 Å². The van der Waals surface area contributed by atoms with Crippen molar-refractivity contribution in [1.82, 2.24) is 10.3 Å². The quantitative estimate of drug-likeness (QED) is 0.775. The highest BCUT2D eigenvalue weighted by molar-refractivity contribution is 14.1. The molecule has 0 radical (unpaired) electrons. The summed E-state index contributed by atoms with van der Waals surface area (Å²) < 4.78 is 1.29. The molecule has 0 aliphatic heterocycles. The van der Waals surface area contributed by atoms with Gasteiger partial charge in [0.15, 0.2) is 0 Å². The van der Waals surface area contributed by atoms with Crippen molar-refractivity contribution in [2.24, 2.45) is 0 Å². The highest BCUT2D eigenvalue weighted by atomic mass is 127. The minimum atomic E-state index is 0.389. The molecule has 2 aromatic rings. The second-order valence-electron chi connectivity index (χ2n) is 4.23. The van der Waals surface area contributed by atoms with E-state index in [1.54, 1.807) is 11.3 Å². The first-order valence-corrected chi connectivity index (χ1v) is 8.11. The molecule has 0 aliphatic rings. The Hall–Kier alpha value is -0.460. The molecule has 1 aromatic carbocycles. The summed E-state index contributed by atoms with van der Waals surface area (Å²) in [4.78, 5) is 5.49. The van der Waals surface area contributed by atoms with E-state index in [0.717, 1.165) is 19.4 Å². The molecule has 4 heteroatoms. The van der Waals surface area contributed by atoms with E-state index in [9.17, 15) is 0 Å². The Balaban J connectivity index is 2.13. The molecule has 1 aromatic heterocycles. The highest BCUT2D eigenvalue weighted by Crippen LogP contribution is 2.22. The summed E-state index contributed by atoms with van der Waals surface area (Å²) in [5, 5.41) is 3.63. The monoisotopic (exact) mass is 372 g/mol. The first-order valence-electron chi connectivity index (χ1n) is 6.16. The lowest BCUT2D eigenvalue weighted by molar-refractivity contribution is 0.532. The summed E-state index contributed by atoms with van der Waals surface area (Å²) in [6.07, 6.45) is 4.15. The van der Waals surface area contributed by atoms with Crippen LogP contribution in [0.3, 0.4) is 0 Å². The molecule has 2 rings (SSSR count). The molecule has 0 aliphatic carbocycles. The van der Waals surface area contributed by atoms with Crippen molar-refractivity contribution in [2.75, 3.05) is 6.54 Å². The molecular weight excluding hydrogens is 355 g/mol. The number of rotatable bonds is 6. The second kappa shape index (κ2) is 7.21. The van der Waals surface area contributed by atoms with Gasteiger partial charge >= 0.3 is 0 Å². The van der Waals surface area contributed by atoms with Crippen LogP contribution in [0.4, 0.5) is 0 Å². The van der Waals surface area contributed by atoms with E-state index >= 15 is 0 Å². The van der Waals surface area contributed by atoms with Crippen LogP contribution in [-0.4, -0.2) is 11.5 Å². The first kappa shape index (κ1) is 14.0. The number of halogens is 1. The van der Waals surface area contributed by atoms with Gasteiger partial charge in [-0.15, -0.1) is 11.3 Å². The molecular formula is C14H17IN2S. The summed E-state index contributed by atoms with van der Waals surface area (Å²) >= 11 is 4.10. The number of hydrogen-bond acceptors (Lipinski definition) is 3. The maximum absolute atomic E-state index is 4.16. The van der Waals surface area contributed by atoms with Crippen molar-refractivity contribution in [3.8, 4) is 0 Å². The molecule has 1 heterocycles. The Morgan fingerprint density at radius 1 is 1.44 bits per heavy atom. The topological polar surface area (TPSA) is 24.9 Å². The standard InChI is InChI=1S/C14H17IN2S/c1-2-6-17-14(8-13-9-16-10-18-13)11-4-3-5-12(15)7-11/h3-5,7,9-10,14,17H,2,6,8H2,1H3. The Morgan fingerprint density at radius 3 is 3.00 bits per heavy atom. The van der Waals surface area contributed by atoms with Gasteiger partial charge in [-0.2, -0.15) is 0 Å².